The lowest BCUT2D eigenvalue weighted by Gasteiger charge is -2.50. The number of halogens is 1. The van der Waals surface area contributed by atoms with Gasteiger partial charge in [-0.3, -0.25) is 0 Å². The topological polar surface area (TPSA) is 9.23 Å². The van der Waals surface area contributed by atoms with E-state index in [9.17, 15) is 0 Å². The monoisotopic (exact) mass is 308 g/mol. The van der Waals surface area contributed by atoms with Crippen molar-refractivity contribution in [1.29, 1.82) is 0 Å². The van der Waals surface area contributed by atoms with Gasteiger partial charge in [-0.2, -0.15) is 0 Å². The highest BCUT2D eigenvalue weighted by atomic mass is 79.9. The zero-order valence-electron chi connectivity index (χ0n) is 11.4. The van der Waals surface area contributed by atoms with E-state index < -0.39 is 0 Å². The molecular weight excluding hydrogens is 288 g/mol. The Hall–Kier alpha value is -0.500. The van der Waals surface area contributed by atoms with Gasteiger partial charge >= 0.3 is 0 Å². The first-order chi connectivity index (χ1) is 8.40. The first kappa shape index (κ1) is 12.5. The Morgan fingerprint density at radius 3 is 2.56 bits per heavy atom. The average Bonchev–Trinajstić information content (AvgIpc) is 2.24. The molecule has 0 bridgehead atoms. The maximum atomic E-state index is 6.31. The Labute approximate surface area is 118 Å². The van der Waals surface area contributed by atoms with Crippen LogP contribution in [0, 0.1) is 5.41 Å². The van der Waals surface area contributed by atoms with Crippen LogP contribution in [0.2, 0.25) is 0 Å². The third-order valence-corrected chi connectivity index (χ3v) is 5.05. The summed E-state index contributed by atoms with van der Waals surface area (Å²) in [5.74, 6) is 1.71. The highest BCUT2D eigenvalue weighted by Crippen LogP contribution is 2.54. The molecule has 1 spiro atoms. The molecule has 1 atom stereocenters. The molecule has 1 aromatic carbocycles. The van der Waals surface area contributed by atoms with E-state index in [4.69, 9.17) is 4.74 Å². The van der Waals surface area contributed by atoms with E-state index in [-0.39, 0.29) is 5.60 Å². The summed E-state index contributed by atoms with van der Waals surface area (Å²) in [6.07, 6.45) is 4.97. The van der Waals surface area contributed by atoms with Gasteiger partial charge in [-0.25, -0.2) is 0 Å². The summed E-state index contributed by atoms with van der Waals surface area (Å²) in [4.78, 5) is 0. The lowest BCUT2D eigenvalue weighted by atomic mass is 9.64. The molecule has 0 saturated heterocycles. The molecule has 2 aliphatic rings. The quantitative estimate of drug-likeness (QED) is 0.633. The van der Waals surface area contributed by atoms with Crippen LogP contribution in [0.5, 0.6) is 5.75 Å². The van der Waals surface area contributed by atoms with Gasteiger partial charge in [0.15, 0.2) is 0 Å². The third kappa shape index (κ3) is 1.99. The van der Waals surface area contributed by atoms with E-state index in [0.29, 0.717) is 11.3 Å². The van der Waals surface area contributed by atoms with Crippen molar-refractivity contribution < 1.29 is 4.74 Å². The molecule has 1 fully saturated rings. The molecule has 1 aliphatic carbocycles. The van der Waals surface area contributed by atoms with Crippen LogP contribution in [0.3, 0.4) is 0 Å². The highest BCUT2D eigenvalue weighted by Gasteiger charge is 2.48. The van der Waals surface area contributed by atoms with E-state index in [1.807, 2.05) is 0 Å². The Morgan fingerprint density at radius 2 is 2.00 bits per heavy atom. The van der Waals surface area contributed by atoms with Gasteiger partial charge in [-0.15, -0.1) is 0 Å². The molecule has 2 heteroatoms. The zero-order valence-corrected chi connectivity index (χ0v) is 13.0. The van der Waals surface area contributed by atoms with Gasteiger partial charge in [0.25, 0.3) is 0 Å². The predicted molar refractivity (Wildman–Crippen MR) is 78.2 cm³/mol. The number of benzene rings is 1. The molecule has 98 valence electrons. The zero-order chi connectivity index (χ0) is 13.0. The summed E-state index contributed by atoms with van der Waals surface area (Å²) >= 11 is 3.59. The summed E-state index contributed by atoms with van der Waals surface area (Å²) in [6, 6.07) is 6.48. The molecule has 1 heterocycles. The van der Waals surface area contributed by atoms with Crippen LogP contribution in [0.25, 0.3) is 0 Å². The van der Waals surface area contributed by atoms with Crippen molar-refractivity contribution in [2.45, 2.75) is 58.0 Å². The average molecular weight is 309 g/mol. The van der Waals surface area contributed by atoms with Crippen molar-refractivity contribution in [1.82, 2.24) is 0 Å². The molecule has 1 aliphatic heterocycles. The molecule has 0 radical (unpaired) electrons. The fraction of sp³-hybridized carbons (Fsp3) is 0.625. The lowest BCUT2D eigenvalue weighted by Crippen LogP contribution is -2.48. The summed E-state index contributed by atoms with van der Waals surface area (Å²) in [5.41, 5.74) is 1.83. The first-order valence-corrected chi connectivity index (χ1v) is 7.67. The fourth-order valence-electron chi connectivity index (χ4n) is 3.29. The van der Waals surface area contributed by atoms with Crippen molar-refractivity contribution in [3.8, 4) is 5.75 Å². The van der Waals surface area contributed by atoms with Crippen molar-refractivity contribution >= 4 is 15.9 Å². The van der Waals surface area contributed by atoms with Gasteiger partial charge in [0, 0.05) is 4.47 Å². The van der Waals surface area contributed by atoms with Crippen molar-refractivity contribution in [2.75, 3.05) is 0 Å². The number of ether oxygens (including phenoxy) is 1. The van der Waals surface area contributed by atoms with Crippen LogP contribution in [-0.4, -0.2) is 5.60 Å². The minimum absolute atomic E-state index is 0.152. The highest BCUT2D eigenvalue weighted by molar-refractivity contribution is 9.10. The molecule has 18 heavy (non-hydrogen) atoms. The predicted octanol–water partition coefficient (Wildman–Crippen LogP) is 5.28. The molecule has 1 aromatic rings. The second-order valence-electron chi connectivity index (χ2n) is 6.94. The van der Waals surface area contributed by atoms with E-state index in [2.05, 4.69) is 54.9 Å². The SMILES string of the molecule is CC(C)(C)C1CC2(CCC2)Oc2ccc(Br)cc21. The van der Waals surface area contributed by atoms with Crippen LogP contribution in [0.15, 0.2) is 22.7 Å². The van der Waals surface area contributed by atoms with Crippen LogP contribution in [0.1, 0.15) is 57.9 Å². The molecule has 0 aromatic heterocycles. The van der Waals surface area contributed by atoms with Crippen LogP contribution < -0.4 is 4.74 Å². The molecule has 0 amide bonds. The summed E-state index contributed by atoms with van der Waals surface area (Å²) in [7, 11) is 0. The Balaban J connectivity index is 2.06. The summed E-state index contributed by atoms with van der Waals surface area (Å²) < 4.78 is 7.47. The van der Waals surface area contributed by atoms with Gasteiger partial charge in [0.1, 0.15) is 11.4 Å². The molecule has 3 rings (SSSR count). The second-order valence-corrected chi connectivity index (χ2v) is 7.86. The van der Waals surface area contributed by atoms with E-state index in [1.165, 1.54) is 31.2 Å². The number of hydrogen-bond donors (Lipinski definition) is 0. The van der Waals surface area contributed by atoms with Crippen LogP contribution >= 0.6 is 15.9 Å². The molecule has 1 unspecified atom stereocenters. The minimum Gasteiger partial charge on any atom is -0.487 e. The standard InChI is InChI=1S/C16H21BrO/c1-15(2,3)13-10-16(7-4-8-16)18-14-6-5-11(17)9-12(13)14/h5-6,9,13H,4,7-8,10H2,1-3H3. The molecule has 1 saturated carbocycles. The van der Waals surface area contributed by atoms with Crippen molar-refractivity contribution in [3.63, 3.8) is 0 Å². The Kier molecular flexibility index (Phi) is 2.78. The fourth-order valence-corrected chi connectivity index (χ4v) is 3.67. The first-order valence-electron chi connectivity index (χ1n) is 6.88. The summed E-state index contributed by atoms with van der Waals surface area (Å²) in [5, 5.41) is 0. The largest absolute Gasteiger partial charge is 0.487 e. The van der Waals surface area contributed by atoms with Gasteiger partial charge in [-0.1, -0.05) is 36.7 Å². The molecular formula is C16H21BrO. The normalized spacial score (nSPS) is 25.2. The van der Waals surface area contributed by atoms with Gasteiger partial charge in [0.05, 0.1) is 0 Å². The number of fused-ring (bicyclic) bond motifs is 1. The third-order valence-electron chi connectivity index (χ3n) is 4.56. The number of hydrogen-bond acceptors (Lipinski definition) is 1. The van der Waals surface area contributed by atoms with Crippen molar-refractivity contribution in [3.05, 3.63) is 28.2 Å². The summed E-state index contributed by atoms with van der Waals surface area (Å²) in [6.45, 7) is 7.04. The lowest BCUT2D eigenvalue weighted by molar-refractivity contribution is -0.0450. The maximum Gasteiger partial charge on any atom is 0.123 e. The van der Waals surface area contributed by atoms with E-state index in [0.717, 1.165) is 10.2 Å². The molecule has 1 nitrogen and oxygen atoms in total. The Morgan fingerprint density at radius 1 is 1.28 bits per heavy atom. The number of rotatable bonds is 0. The van der Waals surface area contributed by atoms with E-state index >= 15 is 0 Å². The van der Waals surface area contributed by atoms with Crippen LogP contribution in [-0.2, 0) is 0 Å². The minimum atomic E-state index is 0.152. The van der Waals surface area contributed by atoms with Crippen LogP contribution in [0.4, 0.5) is 0 Å². The molecule has 0 N–H and O–H groups in total. The van der Waals surface area contributed by atoms with Gasteiger partial charge in [-0.05, 0) is 60.8 Å². The second kappa shape index (κ2) is 4.00. The smallest absolute Gasteiger partial charge is 0.123 e. The van der Waals surface area contributed by atoms with Crippen molar-refractivity contribution in [2.24, 2.45) is 5.41 Å². The van der Waals surface area contributed by atoms with Gasteiger partial charge in [0.2, 0.25) is 0 Å². The van der Waals surface area contributed by atoms with E-state index in [1.54, 1.807) is 0 Å². The van der Waals surface area contributed by atoms with Gasteiger partial charge < -0.3 is 4.74 Å². The maximum absolute atomic E-state index is 6.31. The Bertz CT molecular complexity index is 468.